The van der Waals surface area contributed by atoms with Gasteiger partial charge in [-0.1, -0.05) is 23.7 Å². The van der Waals surface area contributed by atoms with E-state index in [0.29, 0.717) is 0 Å². The highest BCUT2D eigenvalue weighted by atomic mass is 79.9. The van der Waals surface area contributed by atoms with Crippen LogP contribution in [0.3, 0.4) is 0 Å². The molecule has 1 heterocycles. The Morgan fingerprint density at radius 1 is 1.10 bits per heavy atom. The molecule has 0 saturated carbocycles. The van der Waals surface area contributed by atoms with Crippen molar-refractivity contribution in [2.24, 2.45) is 0 Å². The molecule has 3 aromatic rings. The Labute approximate surface area is 130 Å². The number of aromatic nitrogens is 1. The monoisotopic (exact) mass is 346 g/mol. The summed E-state index contributed by atoms with van der Waals surface area (Å²) in [7, 11) is 0. The second-order valence-electron chi connectivity index (χ2n) is 4.48. The molecule has 1 N–H and O–H groups in total. The van der Waals surface area contributed by atoms with Crippen molar-refractivity contribution in [3.05, 3.63) is 69.8 Å². The Balaban J connectivity index is 1.85. The number of pyridine rings is 1. The molecule has 20 heavy (non-hydrogen) atoms. The summed E-state index contributed by atoms with van der Waals surface area (Å²) < 4.78 is 0.914. The average Bonchev–Trinajstić information content (AvgIpc) is 2.48. The Kier molecular flexibility index (Phi) is 3.90. The van der Waals surface area contributed by atoms with Gasteiger partial charge in [0.1, 0.15) is 0 Å². The molecule has 0 fully saturated rings. The fourth-order valence-electron chi connectivity index (χ4n) is 2.10. The molecule has 0 atom stereocenters. The lowest BCUT2D eigenvalue weighted by molar-refractivity contribution is 1.15. The molecular weight excluding hydrogens is 336 g/mol. The number of nitrogens with one attached hydrogen (secondary N) is 1. The van der Waals surface area contributed by atoms with Crippen molar-refractivity contribution < 1.29 is 0 Å². The van der Waals surface area contributed by atoms with Crippen LogP contribution in [0.4, 0.5) is 5.69 Å². The third-order valence-corrected chi connectivity index (χ3v) is 4.35. The molecule has 0 aliphatic heterocycles. The molecule has 0 radical (unpaired) electrons. The molecule has 2 nitrogen and oxygen atoms in total. The molecule has 4 heteroatoms. The molecular formula is C16H12BrClN2. The Morgan fingerprint density at radius 2 is 2.00 bits per heavy atom. The second-order valence-corrected chi connectivity index (χ2v) is 5.74. The summed E-state index contributed by atoms with van der Waals surface area (Å²) in [6.45, 7) is 0.723. The van der Waals surface area contributed by atoms with Crippen LogP contribution in [0.2, 0.25) is 5.02 Å². The predicted molar refractivity (Wildman–Crippen MR) is 88.2 cm³/mol. The van der Waals surface area contributed by atoms with Gasteiger partial charge in [-0.3, -0.25) is 4.98 Å². The van der Waals surface area contributed by atoms with Crippen LogP contribution >= 0.6 is 27.5 Å². The molecule has 3 rings (SSSR count). The maximum Gasteiger partial charge on any atom is 0.0722 e. The first-order valence-electron chi connectivity index (χ1n) is 6.25. The lowest BCUT2D eigenvalue weighted by Gasteiger charge is -2.10. The standard InChI is InChI=1S/C16H12BrClN2/c17-13-7-6-11(9-14(13)18)10-20-16-5-1-4-15-12(16)3-2-8-19-15/h1-9,20H,10H2. The molecule has 2 aromatic carbocycles. The van der Waals surface area contributed by atoms with Gasteiger partial charge >= 0.3 is 0 Å². The van der Waals surface area contributed by atoms with Crippen molar-refractivity contribution in [1.82, 2.24) is 4.98 Å². The second kappa shape index (κ2) is 5.81. The maximum atomic E-state index is 6.11. The topological polar surface area (TPSA) is 24.9 Å². The molecule has 0 bridgehead atoms. The Hall–Kier alpha value is -1.58. The lowest BCUT2D eigenvalue weighted by Crippen LogP contribution is -2.00. The summed E-state index contributed by atoms with van der Waals surface area (Å²) in [6, 6.07) is 16.1. The maximum absolute atomic E-state index is 6.11. The number of hydrogen-bond acceptors (Lipinski definition) is 2. The molecule has 0 aliphatic rings. The normalized spacial score (nSPS) is 10.7. The highest BCUT2D eigenvalue weighted by Crippen LogP contribution is 2.25. The van der Waals surface area contributed by atoms with E-state index in [-0.39, 0.29) is 0 Å². The average molecular weight is 348 g/mol. The largest absolute Gasteiger partial charge is 0.380 e. The van der Waals surface area contributed by atoms with Crippen molar-refractivity contribution in [3.63, 3.8) is 0 Å². The van der Waals surface area contributed by atoms with Gasteiger partial charge in [-0.2, -0.15) is 0 Å². The third-order valence-electron chi connectivity index (χ3n) is 3.11. The zero-order chi connectivity index (χ0) is 13.9. The Bertz CT molecular complexity index is 753. The van der Waals surface area contributed by atoms with Crippen LogP contribution in [-0.2, 0) is 6.54 Å². The van der Waals surface area contributed by atoms with E-state index in [0.717, 1.165) is 38.2 Å². The van der Waals surface area contributed by atoms with Crippen LogP contribution in [0.15, 0.2) is 59.2 Å². The van der Waals surface area contributed by atoms with Crippen LogP contribution in [-0.4, -0.2) is 4.98 Å². The highest BCUT2D eigenvalue weighted by Gasteiger charge is 2.02. The van der Waals surface area contributed by atoms with E-state index < -0.39 is 0 Å². The number of benzene rings is 2. The summed E-state index contributed by atoms with van der Waals surface area (Å²) in [5.41, 5.74) is 3.21. The van der Waals surface area contributed by atoms with E-state index in [2.05, 4.69) is 38.4 Å². The van der Waals surface area contributed by atoms with Gasteiger partial charge in [0.25, 0.3) is 0 Å². The van der Waals surface area contributed by atoms with Gasteiger partial charge in [0.15, 0.2) is 0 Å². The van der Waals surface area contributed by atoms with Crippen molar-refractivity contribution in [2.45, 2.75) is 6.54 Å². The van der Waals surface area contributed by atoms with Crippen LogP contribution < -0.4 is 5.32 Å². The van der Waals surface area contributed by atoms with E-state index in [1.54, 1.807) is 6.20 Å². The van der Waals surface area contributed by atoms with Crippen LogP contribution in [0.1, 0.15) is 5.56 Å². The van der Waals surface area contributed by atoms with Crippen molar-refractivity contribution >= 4 is 44.1 Å². The number of nitrogens with zero attached hydrogens (tertiary/aromatic N) is 1. The first-order valence-corrected chi connectivity index (χ1v) is 7.43. The molecule has 1 aromatic heterocycles. The van der Waals surface area contributed by atoms with E-state index in [1.165, 1.54) is 0 Å². The van der Waals surface area contributed by atoms with E-state index >= 15 is 0 Å². The van der Waals surface area contributed by atoms with Crippen molar-refractivity contribution in [3.8, 4) is 0 Å². The quantitative estimate of drug-likeness (QED) is 0.699. The number of halogens is 2. The van der Waals surface area contributed by atoms with Crippen LogP contribution in [0, 0.1) is 0 Å². The van der Waals surface area contributed by atoms with Gasteiger partial charge in [0, 0.05) is 28.3 Å². The Morgan fingerprint density at radius 3 is 2.85 bits per heavy atom. The van der Waals surface area contributed by atoms with Gasteiger partial charge < -0.3 is 5.32 Å². The van der Waals surface area contributed by atoms with E-state index in [4.69, 9.17) is 11.6 Å². The molecule has 0 amide bonds. The van der Waals surface area contributed by atoms with Gasteiger partial charge in [0.05, 0.1) is 10.5 Å². The zero-order valence-electron chi connectivity index (χ0n) is 10.6. The number of rotatable bonds is 3. The number of fused-ring (bicyclic) bond motifs is 1. The predicted octanol–water partition coefficient (Wildman–Crippen LogP) is 5.26. The molecule has 0 unspecified atom stereocenters. The zero-order valence-corrected chi connectivity index (χ0v) is 12.9. The van der Waals surface area contributed by atoms with Gasteiger partial charge in [-0.15, -0.1) is 0 Å². The summed E-state index contributed by atoms with van der Waals surface area (Å²) in [5.74, 6) is 0. The summed E-state index contributed by atoms with van der Waals surface area (Å²) in [5, 5.41) is 5.29. The minimum Gasteiger partial charge on any atom is -0.380 e. The minimum atomic E-state index is 0.723. The fraction of sp³-hybridized carbons (Fsp3) is 0.0625. The SMILES string of the molecule is Clc1cc(CNc2cccc3ncccc23)ccc1Br. The summed E-state index contributed by atoms with van der Waals surface area (Å²) >= 11 is 9.50. The number of hydrogen-bond donors (Lipinski definition) is 1. The first kappa shape index (κ1) is 13.4. The fourth-order valence-corrected chi connectivity index (χ4v) is 2.55. The first-order chi connectivity index (χ1) is 9.74. The van der Waals surface area contributed by atoms with E-state index in [1.807, 2.05) is 36.4 Å². The smallest absolute Gasteiger partial charge is 0.0722 e. The number of anilines is 1. The molecule has 100 valence electrons. The van der Waals surface area contributed by atoms with Gasteiger partial charge in [0.2, 0.25) is 0 Å². The minimum absolute atomic E-state index is 0.723. The third kappa shape index (κ3) is 2.79. The van der Waals surface area contributed by atoms with Crippen molar-refractivity contribution in [2.75, 3.05) is 5.32 Å². The molecule has 0 saturated heterocycles. The summed E-state index contributed by atoms with van der Waals surface area (Å²) in [4.78, 5) is 4.36. The summed E-state index contributed by atoms with van der Waals surface area (Å²) in [6.07, 6.45) is 1.81. The molecule has 0 spiro atoms. The molecule has 0 aliphatic carbocycles. The van der Waals surface area contributed by atoms with Gasteiger partial charge in [-0.05, 0) is 57.9 Å². The van der Waals surface area contributed by atoms with Crippen LogP contribution in [0.25, 0.3) is 10.9 Å². The van der Waals surface area contributed by atoms with Crippen LogP contribution in [0.5, 0.6) is 0 Å². The van der Waals surface area contributed by atoms with E-state index in [9.17, 15) is 0 Å². The van der Waals surface area contributed by atoms with Gasteiger partial charge in [-0.25, -0.2) is 0 Å². The van der Waals surface area contributed by atoms with Crippen molar-refractivity contribution in [1.29, 1.82) is 0 Å². The highest BCUT2D eigenvalue weighted by molar-refractivity contribution is 9.10. The lowest BCUT2D eigenvalue weighted by atomic mass is 10.1.